The van der Waals surface area contributed by atoms with E-state index in [1.807, 2.05) is 19.1 Å². The second-order valence-corrected chi connectivity index (χ2v) is 4.67. The Hall–Kier alpha value is -1.20. The summed E-state index contributed by atoms with van der Waals surface area (Å²) >= 11 is 3.37. The van der Waals surface area contributed by atoms with Crippen molar-refractivity contribution in [1.29, 1.82) is 0 Å². The highest BCUT2D eigenvalue weighted by Gasteiger charge is 2.07. The first-order valence-corrected chi connectivity index (χ1v) is 5.78. The maximum atomic E-state index is 12.1. The number of para-hydroxylation sites is 1. The molecule has 1 heterocycles. The minimum absolute atomic E-state index is 0.0522. The standard InChI is InChI=1S/C11H12BrN3O/c1-7(13)5-15-6-14-10-8(11(15)16)3-2-4-9(10)12/h2-4,6-7H,5,13H2,1H3. The Morgan fingerprint density at radius 3 is 3.00 bits per heavy atom. The molecule has 84 valence electrons. The average molecular weight is 282 g/mol. The van der Waals surface area contributed by atoms with Gasteiger partial charge in [-0.15, -0.1) is 0 Å². The molecule has 1 aromatic carbocycles. The molecule has 0 bridgehead atoms. The predicted octanol–water partition coefficient (Wildman–Crippen LogP) is 1.51. The van der Waals surface area contributed by atoms with E-state index in [1.165, 1.54) is 0 Å². The van der Waals surface area contributed by atoms with E-state index in [2.05, 4.69) is 20.9 Å². The fraction of sp³-hybridized carbons (Fsp3) is 0.273. The molecule has 0 saturated heterocycles. The summed E-state index contributed by atoms with van der Waals surface area (Å²) in [6, 6.07) is 5.40. The van der Waals surface area contributed by atoms with Gasteiger partial charge in [0, 0.05) is 17.1 Å². The normalized spacial score (nSPS) is 12.9. The van der Waals surface area contributed by atoms with Crippen LogP contribution in [-0.2, 0) is 6.54 Å². The van der Waals surface area contributed by atoms with Crippen LogP contribution in [-0.4, -0.2) is 15.6 Å². The Kier molecular flexibility index (Phi) is 3.07. The van der Waals surface area contributed by atoms with Gasteiger partial charge in [-0.25, -0.2) is 4.98 Å². The molecule has 4 nitrogen and oxygen atoms in total. The highest BCUT2D eigenvalue weighted by Crippen LogP contribution is 2.18. The minimum atomic E-state index is -0.0656. The van der Waals surface area contributed by atoms with Gasteiger partial charge in [-0.2, -0.15) is 0 Å². The lowest BCUT2D eigenvalue weighted by atomic mass is 10.2. The second-order valence-electron chi connectivity index (χ2n) is 3.82. The maximum absolute atomic E-state index is 12.1. The lowest BCUT2D eigenvalue weighted by Crippen LogP contribution is -2.30. The summed E-state index contributed by atoms with van der Waals surface area (Å²) < 4.78 is 2.37. The third-order valence-corrected chi connectivity index (χ3v) is 2.93. The Balaban J connectivity index is 2.66. The van der Waals surface area contributed by atoms with Crippen LogP contribution in [0.1, 0.15) is 6.92 Å². The number of nitrogens with zero attached hydrogens (tertiary/aromatic N) is 2. The molecular weight excluding hydrogens is 270 g/mol. The van der Waals surface area contributed by atoms with Crippen molar-refractivity contribution in [3.05, 3.63) is 39.4 Å². The number of fused-ring (bicyclic) bond motifs is 1. The molecule has 1 unspecified atom stereocenters. The first kappa shape index (κ1) is 11.3. The molecule has 0 spiro atoms. The summed E-state index contributed by atoms with van der Waals surface area (Å²) in [5, 5.41) is 0.609. The number of halogens is 1. The van der Waals surface area contributed by atoms with Crippen LogP contribution in [0, 0.1) is 0 Å². The largest absolute Gasteiger partial charge is 0.326 e. The van der Waals surface area contributed by atoms with E-state index in [1.54, 1.807) is 17.0 Å². The quantitative estimate of drug-likeness (QED) is 0.908. The van der Waals surface area contributed by atoms with E-state index in [0.29, 0.717) is 17.4 Å². The van der Waals surface area contributed by atoms with Gasteiger partial charge < -0.3 is 5.73 Å². The molecule has 2 aromatic rings. The SMILES string of the molecule is CC(N)Cn1cnc2c(Br)cccc2c1=O. The van der Waals surface area contributed by atoms with Crippen molar-refractivity contribution in [3.8, 4) is 0 Å². The van der Waals surface area contributed by atoms with Crippen LogP contribution in [0.3, 0.4) is 0 Å². The molecular formula is C11H12BrN3O. The molecule has 16 heavy (non-hydrogen) atoms. The highest BCUT2D eigenvalue weighted by molar-refractivity contribution is 9.10. The van der Waals surface area contributed by atoms with Crippen LogP contribution in [0.2, 0.25) is 0 Å². The minimum Gasteiger partial charge on any atom is -0.326 e. The molecule has 0 radical (unpaired) electrons. The molecule has 1 atom stereocenters. The maximum Gasteiger partial charge on any atom is 0.261 e. The Morgan fingerprint density at radius 1 is 1.56 bits per heavy atom. The molecule has 0 fully saturated rings. The van der Waals surface area contributed by atoms with Gasteiger partial charge in [0.2, 0.25) is 0 Å². The molecule has 2 N–H and O–H groups in total. The van der Waals surface area contributed by atoms with Crippen molar-refractivity contribution in [2.75, 3.05) is 0 Å². The fourth-order valence-electron chi connectivity index (χ4n) is 1.59. The first-order valence-electron chi connectivity index (χ1n) is 4.99. The first-order chi connectivity index (χ1) is 7.59. The number of nitrogens with two attached hydrogens (primary N) is 1. The van der Waals surface area contributed by atoms with Gasteiger partial charge >= 0.3 is 0 Å². The number of rotatable bonds is 2. The Morgan fingerprint density at radius 2 is 2.31 bits per heavy atom. The van der Waals surface area contributed by atoms with Gasteiger partial charge in [0.05, 0.1) is 17.2 Å². The summed E-state index contributed by atoms with van der Waals surface area (Å²) in [4.78, 5) is 16.3. The van der Waals surface area contributed by atoms with Gasteiger partial charge in [0.25, 0.3) is 5.56 Å². The van der Waals surface area contributed by atoms with E-state index >= 15 is 0 Å². The number of hydrogen-bond acceptors (Lipinski definition) is 3. The zero-order chi connectivity index (χ0) is 11.7. The number of benzene rings is 1. The smallest absolute Gasteiger partial charge is 0.261 e. The summed E-state index contributed by atoms with van der Waals surface area (Å²) in [6.07, 6.45) is 1.54. The Labute approximate surface area is 101 Å². The van der Waals surface area contributed by atoms with Gasteiger partial charge in [0.15, 0.2) is 0 Å². The summed E-state index contributed by atoms with van der Waals surface area (Å²) in [6.45, 7) is 2.34. The monoisotopic (exact) mass is 281 g/mol. The predicted molar refractivity (Wildman–Crippen MR) is 67.4 cm³/mol. The molecule has 0 aliphatic rings. The molecule has 0 amide bonds. The lowest BCUT2D eigenvalue weighted by molar-refractivity contribution is 0.570. The summed E-state index contributed by atoms with van der Waals surface area (Å²) in [5.74, 6) is 0. The molecule has 0 aliphatic carbocycles. The molecule has 2 rings (SSSR count). The zero-order valence-electron chi connectivity index (χ0n) is 8.85. The number of aromatic nitrogens is 2. The second kappa shape index (κ2) is 4.35. The lowest BCUT2D eigenvalue weighted by Gasteiger charge is -2.09. The van der Waals surface area contributed by atoms with Crippen LogP contribution in [0.5, 0.6) is 0 Å². The van der Waals surface area contributed by atoms with Gasteiger partial charge in [0.1, 0.15) is 0 Å². The van der Waals surface area contributed by atoms with Crippen LogP contribution < -0.4 is 11.3 Å². The van der Waals surface area contributed by atoms with Crippen molar-refractivity contribution in [2.24, 2.45) is 5.73 Å². The third kappa shape index (κ3) is 2.01. The van der Waals surface area contributed by atoms with Crippen LogP contribution >= 0.6 is 15.9 Å². The van der Waals surface area contributed by atoms with E-state index in [0.717, 1.165) is 4.47 Å². The van der Waals surface area contributed by atoms with E-state index < -0.39 is 0 Å². The topological polar surface area (TPSA) is 60.9 Å². The van der Waals surface area contributed by atoms with Crippen molar-refractivity contribution in [3.63, 3.8) is 0 Å². The van der Waals surface area contributed by atoms with Crippen molar-refractivity contribution in [2.45, 2.75) is 19.5 Å². The van der Waals surface area contributed by atoms with E-state index in [-0.39, 0.29) is 11.6 Å². The zero-order valence-corrected chi connectivity index (χ0v) is 10.4. The van der Waals surface area contributed by atoms with E-state index in [4.69, 9.17) is 5.73 Å². The molecule has 0 aliphatic heterocycles. The summed E-state index contributed by atoms with van der Waals surface area (Å²) in [7, 11) is 0. The van der Waals surface area contributed by atoms with Gasteiger partial charge in [-0.05, 0) is 35.0 Å². The Bertz CT molecular complexity index is 577. The summed E-state index contributed by atoms with van der Waals surface area (Å²) in [5.41, 5.74) is 6.31. The van der Waals surface area contributed by atoms with Crippen molar-refractivity contribution >= 4 is 26.8 Å². The van der Waals surface area contributed by atoms with Crippen molar-refractivity contribution < 1.29 is 0 Å². The van der Waals surface area contributed by atoms with E-state index in [9.17, 15) is 4.79 Å². The third-order valence-electron chi connectivity index (χ3n) is 2.29. The van der Waals surface area contributed by atoms with Gasteiger partial charge in [-0.1, -0.05) is 6.07 Å². The van der Waals surface area contributed by atoms with Crippen LogP contribution in [0.4, 0.5) is 0 Å². The van der Waals surface area contributed by atoms with Crippen LogP contribution in [0.25, 0.3) is 10.9 Å². The fourth-order valence-corrected chi connectivity index (χ4v) is 2.06. The van der Waals surface area contributed by atoms with Crippen LogP contribution in [0.15, 0.2) is 33.8 Å². The molecule has 5 heteroatoms. The average Bonchev–Trinajstić information content (AvgIpc) is 2.23. The van der Waals surface area contributed by atoms with Crippen molar-refractivity contribution in [1.82, 2.24) is 9.55 Å². The molecule has 0 saturated carbocycles. The molecule has 1 aromatic heterocycles. The highest BCUT2D eigenvalue weighted by atomic mass is 79.9. The van der Waals surface area contributed by atoms with Gasteiger partial charge in [-0.3, -0.25) is 9.36 Å². The number of hydrogen-bond donors (Lipinski definition) is 1.